The minimum absolute atomic E-state index is 0.110. The van der Waals surface area contributed by atoms with Crippen molar-refractivity contribution in [2.24, 2.45) is 86.8 Å². The summed E-state index contributed by atoms with van der Waals surface area (Å²) in [5, 5.41) is 12.3. The molecule has 2 saturated heterocycles. The SMILES string of the molecule is CC1(COCCCOc2cc(OCCCOCC3(C)COC3)cc(C3=NC(c4ccc([N+](=O)[O-])cc4)C4C3=C3C5CCC6=C7CCC8C9C7=C7C%10=C%11c%12c%13c%14c%15c%16c%12C(C3C%11C5C67)C4C%16CCC%15C3CCC8C(C9=C%10%13)C%143)c2)COC1. The Labute approximate surface area is 467 Å². The van der Waals surface area contributed by atoms with Crippen LogP contribution < -0.4 is 9.47 Å². The third kappa shape index (κ3) is 5.21. The summed E-state index contributed by atoms with van der Waals surface area (Å²) in [4.78, 5) is 18.3. The molecular formula is C70H70N2O8. The Kier molecular flexibility index (Phi) is 8.60. The molecular weight excluding hydrogens is 997 g/mol. The van der Waals surface area contributed by atoms with E-state index in [1.807, 2.05) is 78.0 Å². The van der Waals surface area contributed by atoms with Crippen molar-refractivity contribution in [3.63, 3.8) is 0 Å². The molecule has 3 aromatic carbocycles. The molecule has 10 nitrogen and oxygen atoms in total. The molecule has 0 N–H and O–H groups in total. The average Bonchev–Trinajstić information content (AvgIpc) is 1.84. The number of ether oxygens (including phenoxy) is 6. The lowest BCUT2D eigenvalue weighted by Crippen LogP contribution is -2.43. The highest BCUT2D eigenvalue weighted by atomic mass is 16.6. The van der Waals surface area contributed by atoms with Crippen molar-refractivity contribution in [3.05, 3.63) is 142 Å². The number of benzene rings is 3. The number of aliphatic imine (C=N–C) groups is 1. The molecule has 0 spiro atoms. The van der Waals surface area contributed by atoms with Gasteiger partial charge in [0.05, 0.1) is 69.5 Å². The Bertz CT molecular complexity index is 3630. The molecule has 0 amide bonds. The number of allylic oxidation sites excluding steroid dienone is 9. The van der Waals surface area contributed by atoms with E-state index in [1.54, 1.807) is 23.3 Å². The zero-order chi connectivity index (χ0) is 52.1. The second-order valence-corrected chi connectivity index (χ2v) is 29.6. The summed E-state index contributed by atoms with van der Waals surface area (Å²) in [6.07, 6.45) is 12.3. The number of nitro benzene ring substituents is 1. The van der Waals surface area contributed by atoms with Gasteiger partial charge in [-0.25, -0.2) is 0 Å². The zero-order valence-corrected chi connectivity index (χ0v) is 46.2. The van der Waals surface area contributed by atoms with Gasteiger partial charge in [-0.1, -0.05) is 37.1 Å². The van der Waals surface area contributed by atoms with Crippen molar-refractivity contribution < 1.29 is 33.3 Å². The van der Waals surface area contributed by atoms with Crippen molar-refractivity contribution in [2.75, 3.05) is 66.1 Å². The van der Waals surface area contributed by atoms with Gasteiger partial charge in [-0.2, -0.15) is 0 Å². The molecule has 0 radical (unpaired) electrons. The highest BCUT2D eigenvalue weighted by Gasteiger charge is 2.76. The van der Waals surface area contributed by atoms with Crippen LogP contribution in [0.15, 0.2) is 92.0 Å². The summed E-state index contributed by atoms with van der Waals surface area (Å²) in [6.45, 7) is 11.2. The topological polar surface area (TPSA) is 111 Å². The summed E-state index contributed by atoms with van der Waals surface area (Å²) in [7, 11) is 0. The lowest BCUT2D eigenvalue weighted by Gasteiger charge is -2.49. The Morgan fingerprint density at radius 3 is 2.04 bits per heavy atom. The Balaban J connectivity index is 0.752. The van der Waals surface area contributed by atoms with Crippen molar-refractivity contribution in [1.82, 2.24) is 0 Å². The van der Waals surface area contributed by atoms with Crippen LogP contribution in [0.4, 0.5) is 5.69 Å². The van der Waals surface area contributed by atoms with Crippen LogP contribution in [0, 0.1) is 92.0 Å². The van der Waals surface area contributed by atoms with E-state index in [0.717, 1.165) is 97.2 Å². The van der Waals surface area contributed by atoms with Crippen molar-refractivity contribution in [1.29, 1.82) is 0 Å². The van der Waals surface area contributed by atoms with Crippen LogP contribution in [0.3, 0.4) is 0 Å². The third-order valence-corrected chi connectivity index (χ3v) is 25.9. The van der Waals surface area contributed by atoms with Crippen LogP contribution in [0.1, 0.15) is 152 Å². The Morgan fingerprint density at radius 2 is 1.31 bits per heavy atom. The monoisotopic (exact) mass is 1070 g/mol. The summed E-state index contributed by atoms with van der Waals surface area (Å²) < 4.78 is 37.0. The Hall–Kier alpha value is -5.13. The molecule has 3 aromatic rings. The maximum atomic E-state index is 12.3. The second kappa shape index (κ2) is 15.2. The summed E-state index contributed by atoms with van der Waals surface area (Å²) in [5.41, 5.74) is 33.3. The first-order valence-corrected chi connectivity index (χ1v) is 31.7. The molecule has 3 aliphatic heterocycles. The Morgan fingerprint density at radius 1 is 0.600 bits per heavy atom. The van der Waals surface area contributed by atoms with Gasteiger partial charge in [0.15, 0.2) is 0 Å². The first kappa shape index (κ1) is 45.4. The normalized spacial score (nSPS) is 39.9. The molecule has 0 aromatic heterocycles. The molecule has 17 atom stereocenters. The molecule has 3 heterocycles. The predicted molar refractivity (Wildman–Crippen MR) is 300 cm³/mol. The van der Waals surface area contributed by atoms with Crippen LogP contribution in [0.5, 0.6) is 11.5 Å². The minimum atomic E-state index is -0.240. The van der Waals surface area contributed by atoms with Crippen LogP contribution in [0.25, 0.3) is 11.1 Å². The lowest BCUT2D eigenvalue weighted by molar-refractivity contribution is -0.384. The van der Waals surface area contributed by atoms with Gasteiger partial charge >= 0.3 is 0 Å². The van der Waals surface area contributed by atoms with Crippen LogP contribution in [-0.4, -0.2) is 76.7 Å². The number of nitrogens with zero attached hydrogens (tertiary/aromatic N) is 2. The lowest BCUT2D eigenvalue weighted by atomic mass is 9.53. The molecule has 18 aliphatic rings. The number of rotatable bonds is 17. The predicted octanol–water partition coefficient (Wildman–Crippen LogP) is 12.9. The van der Waals surface area contributed by atoms with E-state index in [-0.39, 0.29) is 33.4 Å². The molecule has 80 heavy (non-hydrogen) atoms. The summed E-state index contributed by atoms with van der Waals surface area (Å²) in [6, 6.07) is 14.2. The van der Waals surface area contributed by atoms with Crippen LogP contribution in [-0.2, 0) is 18.9 Å². The molecule has 408 valence electrons. The quantitative estimate of drug-likeness (QED) is 0.0747. The van der Waals surface area contributed by atoms with Crippen LogP contribution >= 0.6 is 0 Å². The van der Waals surface area contributed by atoms with E-state index in [0.29, 0.717) is 98.8 Å². The minimum Gasteiger partial charge on any atom is -0.493 e. The van der Waals surface area contributed by atoms with Gasteiger partial charge in [0.1, 0.15) is 11.5 Å². The first-order chi connectivity index (χ1) is 39.3. The van der Waals surface area contributed by atoms with E-state index in [4.69, 9.17) is 33.4 Å². The molecule has 17 unspecified atom stereocenters. The van der Waals surface area contributed by atoms with Gasteiger partial charge in [0, 0.05) is 78.4 Å². The van der Waals surface area contributed by atoms with E-state index < -0.39 is 0 Å². The molecule has 15 aliphatic carbocycles. The maximum Gasteiger partial charge on any atom is 0.269 e. The molecule has 7 fully saturated rings. The van der Waals surface area contributed by atoms with Gasteiger partial charge in [0.25, 0.3) is 5.69 Å². The second-order valence-electron chi connectivity index (χ2n) is 29.6. The largest absolute Gasteiger partial charge is 0.493 e. The maximum absolute atomic E-state index is 12.3. The zero-order valence-electron chi connectivity index (χ0n) is 46.2. The fourth-order valence-corrected chi connectivity index (χ4v) is 23.9. The first-order valence-electron chi connectivity index (χ1n) is 31.7. The van der Waals surface area contributed by atoms with Crippen molar-refractivity contribution in [3.8, 4) is 11.5 Å². The molecule has 0 bridgehead atoms. The molecule has 5 saturated carbocycles. The number of hydrogen-bond donors (Lipinski definition) is 0. The number of hydrogen-bond acceptors (Lipinski definition) is 9. The summed E-state index contributed by atoms with van der Waals surface area (Å²) in [5.74, 6) is 11.2. The van der Waals surface area contributed by atoms with Crippen LogP contribution in [0.2, 0.25) is 0 Å². The fraction of sp³-hybridized carbons (Fsp3) is 0.586. The highest BCUT2D eigenvalue weighted by Crippen LogP contribution is 2.87. The van der Waals surface area contributed by atoms with E-state index >= 15 is 0 Å². The summed E-state index contributed by atoms with van der Waals surface area (Å²) >= 11 is 0. The standard InChI is InChI=1S/C70H70N2O8/c1-69(26-77-27-69)24-75-17-3-19-79-33-21-31(22-34(23-33)80-20-4-18-76-25-70(2)28-78-29-70)68-66-52-42-16-14-40-38-12-10-36-35-9-11-37-39-13-15-41-49-47(39)54-45(37)43(35)53-44(36)46(38)55-48(40)50(42)57-59(52)58(56(49)63-61(54)60(53)62(55)64(57)63)51(41)65(66)67(71-68)30-5-7-32(8-6-30)72(73)74/h5-8,21-23,35-37,39,41-45,48,50-51,57-59,65,67H,3-4,9-20,24-29H2,1-2H3. The van der Waals surface area contributed by atoms with Crippen molar-refractivity contribution >= 4 is 22.5 Å². The van der Waals surface area contributed by atoms with Gasteiger partial charge < -0.3 is 28.4 Å². The highest BCUT2D eigenvalue weighted by molar-refractivity contribution is 6.17. The van der Waals surface area contributed by atoms with Gasteiger partial charge in [-0.15, -0.1) is 0 Å². The van der Waals surface area contributed by atoms with Gasteiger partial charge in [-0.3, -0.25) is 15.1 Å². The van der Waals surface area contributed by atoms with E-state index in [9.17, 15) is 10.1 Å². The molecule has 10 heteroatoms. The number of non-ortho nitro benzene ring substituents is 1. The van der Waals surface area contributed by atoms with E-state index in [1.165, 1.54) is 51.4 Å². The molecule has 21 rings (SSSR count). The number of nitro groups is 1. The fourth-order valence-electron chi connectivity index (χ4n) is 23.9. The van der Waals surface area contributed by atoms with Gasteiger partial charge in [0.2, 0.25) is 0 Å². The van der Waals surface area contributed by atoms with Gasteiger partial charge in [-0.05, 0) is 224 Å². The number of fused-ring (bicyclic) bond motifs is 6. The smallest absolute Gasteiger partial charge is 0.269 e. The average molecular weight is 1070 g/mol. The third-order valence-electron chi connectivity index (χ3n) is 25.9. The van der Waals surface area contributed by atoms with Crippen molar-refractivity contribution in [2.45, 2.75) is 108 Å². The van der Waals surface area contributed by atoms with E-state index in [2.05, 4.69) is 44.2 Å².